The van der Waals surface area contributed by atoms with E-state index in [4.69, 9.17) is 42.2 Å². The van der Waals surface area contributed by atoms with Crippen LogP contribution in [0.2, 0.25) is 0 Å². The molecule has 0 spiro atoms. The summed E-state index contributed by atoms with van der Waals surface area (Å²) in [6, 6.07) is 0. The Morgan fingerprint density at radius 3 is 1.19 bits per heavy atom. The smallest absolute Gasteiger partial charge is 0.463 e. The molecule has 1 aliphatic carbocycles. The van der Waals surface area contributed by atoms with Crippen LogP contribution in [0, 0.1) is 11.8 Å². The maximum atomic E-state index is 14.4. The molecule has 0 radical (unpaired) electrons. The lowest BCUT2D eigenvalue weighted by Crippen LogP contribution is -2.69. The summed E-state index contributed by atoms with van der Waals surface area (Å²) in [6.07, 6.45) is 11.4. The fourth-order valence-corrected chi connectivity index (χ4v) is 14.2. The summed E-state index contributed by atoms with van der Waals surface area (Å²) in [6.45, 7) is 8.09. The molecule has 3 fully saturated rings. The van der Waals surface area contributed by atoms with Crippen molar-refractivity contribution in [1.29, 1.82) is 0 Å². The van der Waals surface area contributed by atoms with Gasteiger partial charge in [0.2, 0.25) is 0 Å². The van der Waals surface area contributed by atoms with Crippen molar-refractivity contribution in [3.05, 3.63) is 12.2 Å². The number of rotatable bonds is 60. The topological polar surface area (TPSA) is 374 Å². The lowest BCUT2D eigenvalue weighted by Gasteiger charge is -2.49. The molecule has 0 aromatic carbocycles. The SMILES string of the molecule is CCCCCCCC/C=C\CCCCCC(=O)OCC1OC(OC2C(O)C(O)C(O)C(OC3OC(CO)C(O)C(O)C3O)C2OP(=O)(O)OCC(COC(=O)CCCCCCCCC(C)CCCCCCCC)OC(=O)CCCCCCCCC(C)CCCCCCCC)C(O)C(O)C1O. The molecule has 3 rings (SSSR count). The number of carbonyl (C=O) groups excluding carboxylic acids is 3. The number of carbonyl (C=O) groups is 3. The Hall–Kier alpha value is -2.30. The fourth-order valence-electron chi connectivity index (χ4n) is 13.2. The minimum atomic E-state index is -5.70. The highest BCUT2D eigenvalue weighted by atomic mass is 31.2. The first-order valence-corrected chi connectivity index (χ1v) is 40.8. The van der Waals surface area contributed by atoms with Crippen LogP contribution in [0.15, 0.2) is 12.2 Å². The number of unbranched alkanes of at least 4 members (excludes halogenated alkanes) is 29. The summed E-state index contributed by atoms with van der Waals surface area (Å²) in [4.78, 5) is 51.2. The highest BCUT2D eigenvalue weighted by molar-refractivity contribution is 7.47. The summed E-state index contributed by atoms with van der Waals surface area (Å²) in [5.41, 5.74) is 0. The van der Waals surface area contributed by atoms with Crippen LogP contribution in [-0.4, -0.2) is 204 Å². The van der Waals surface area contributed by atoms with Crippen LogP contribution in [0.25, 0.3) is 0 Å². The molecule has 24 nitrogen and oxygen atoms in total. The Labute approximate surface area is 599 Å². The van der Waals surface area contributed by atoms with E-state index in [1.807, 2.05) is 0 Å². The van der Waals surface area contributed by atoms with Crippen molar-refractivity contribution in [1.82, 2.24) is 0 Å². The zero-order chi connectivity index (χ0) is 73.5. The summed E-state index contributed by atoms with van der Waals surface area (Å²) in [7, 11) is -5.70. The van der Waals surface area contributed by atoms with Gasteiger partial charge in [-0.25, -0.2) is 4.57 Å². The molecule has 0 aromatic heterocycles. The van der Waals surface area contributed by atoms with Crippen molar-refractivity contribution in [3.63, 3.8) is 0 Å². The first kappa shape index (κ1) is 91.9. The zero-order valence-corrected chi connectivity index (χ0v) is 62.7. The van der Waals surface area contributed by atoms with Gasteiger partial charge >= 0.3 is 25.7 Å². The minimum absolute atomic E-state index is 0.00857. The van der Waals surface area contributed by atoms with Crippen LogP contribution < -0.4 is 0 Å². The normalized spacial score (nSPS) is 28.0. The summed E-state index contributed by atoms with van der Waals surface area (Å²) in [5, 5.41) is 110. The largest absolute Gasteiger partial charge is 0.472 e. The van der Waals surface area contributed by atoms with Gasteiger partial charge in [0, 0.05) is 19.3 Å². The molecular weight excluding hydrogens is 1320 g/mol. The third kappa shape index (κ3) is 38.3. The van der Waals surface area contributed by atoms with Gasteiger partial charge in [-0.2, -0.15) is 0 Å². The van der Waals surface area contributed by atoms with Crippen LogP contribution >= 0.6 is 7.82 Å². The summed E-state index contributed by atoms with van der Waals surface area (Å²) in [5.74, 6) is -0.623. The average Bonchev–Trinajstić information content (AvgIpc) is 0.769. The van der Waals surface area contributed by atoms with Gasteiger partial charge in [0.15, 0.2) is 18.7 Å². The molecule has 0 bridgehead atoms. The number of ether oxygens (including phenoxy) is 7. The number of esters is 3. The van der Waals surface area contributed by atoms with Crippen LogP contribution in [0.5, 0.6) is 0 Å². The van der Waals surface area contributed by atoms with Gasteiger partial charge in [-0.05, 0) is 56.8 Å². The van der Waals surface area contributed by atoms with Gasteiger partial charge in [0.25, 0.3) is 0 Å². The van der Waals surface area contributed by atoms with E-state index in [0.717, 1.165) is 96.3 Å². The Morgan fingerprint density at radius 2 is 0.760 bits per heavy atom. The van der Waals surface area contributed by atoms with Gasteiger partial charge in [0.1, 0.15) is 98.7 Å². The third-order valence-electron chi connectivity index (χ3n) is 19.8. The third-order valence-corrected chi connectivity index (χ3v) is 20.8. The molecule has 2 aliphatic heterocycles. The molecule has 2 heterocycles. The number of phosphoric acid groups is 1. The molecule has 20 unspecified atom stereocenters. The second kappa shape index (κ2) is 55.2. The van der Waals surface area contributed by atoms with Gasteiger partial charge in [-0.15, -0.1) is 0 Å². The van der Waals surface area contributed by atoms with Crippen molar-refractivity contribution < 1.29 is 117 Å². The molecule has 100 heavy (non-hydrogen) atoms. The Kier molecular flexibility index (Phi) is 50.7. The first-order chi connectivity index (χ1) is 48.1. The van der Waals surface area contributed by atoms with Gasteiger partial charge in [0.05, 0.1) is 13.2 Å². The molecule has 25 heteroatoms. The number of allylic oxidation sites excluding steroid dienone is 2. The van der Waals surface area contributed by atoms with E-state index in [-0.39, 0.29) is 19.3 Å². The van der Waals surface area contributed by atoms with Crippen LogP contribution in [0.1, 0.15) is 304 Å². The van der Waals surface area contributed by atoms with Gasteiger partial charge in [-0.3, -0.25) is 23.4 Å². The number of hydrogen-bond acceptors (Lipinski definition) is 23. The van der Waals surface area contributed by atoms with Crippen LogP contribution in [0.3, 0.4) is 0 Å². The van der Waals surface area contributed by atoms with Crippen molar-refractivity contribution in [2.45, 2.75) is 408 Å². The maximum absolute atomic E-state index is 14.4. The second-order valence-corrected chi connectivity index (χ2v) is 30.4. The molecule has 0 amide bonds. The quantitative estimate of drug-likeness (QED) is 0.00886. The highest BCUT2D eigenvalue weighted by Crippen LogP contribution is 2.49. The summed E-state index contributed by atoms with van der Waals surface area (Å²) < 4.78 is 65.2. The second-order valence-electron chi connectivity index (χ2n) is 29.0. The fraction of sp³-hybridized carbons (Fsp3) is 0.933. The average molecular weight is 1460 g/mol. The number of aliphatic hydroxyl groups is 10. The molecule has 0 aromatic rings. The molecule has 20 atom stereocenters. The van der Waals surface area contributed by atoms with Crippen LogP contribution in [0.4, 0.5) is 0 Å². The van der Waals surface area contributed by atoms with Crippen LogP contribution in [-0.2, 0) is 61.2 Å². The van der Waals surface area contributed by atoms with E-state index in [9.17, 15) is 74.9 Å². The molecule has 1 saturated carbocycles. The lowest BCUT2D eigenvalue weighted by atomic mass is 9.84. The van der Waals surface area contributed by atoms with E-state index in [2.05, 4.69) is 46.8 Å². The predicted molar refractivity (Wildman–Crippen MR) is 379 cm³/mol. The van der Waals surface area contributed by atoms with E-state index < -0.39 is 156 Å². The lowest BCUT2D eigenvalue weighted by molar-refractivity contribution is -0.360. The predicted octanol–water partition coefficient (Wildman–Crippen LogP) is 11.2. The van der Waals surface area contributed by atoms with Crippen molar-refractivity contribution in [3.8, 4) is 0 Å². The molecular formula is C75H139O24P. The van der Waals surface area contributed by atoms with Crippen molar-refractivity contribution in [2.24, 2.45) is 11.8 Å². The Bertz CT molecular complexity index is 2150. The van der Waals surface area contributed by atoms with Gasteiger partial charge in [-0.1, -0.05) is 252 Å². The molecule has 3 aliphatic rings. The van der Waals surface area contributed by atoms with E-state index in [0.29, 0.717) is 31.1 Å². The Morgan fingerprint density at radius 1 is 0.410 bits per heavy atom. The molecule has 588 valence electrons. The minimum Gasteiger partial charge on any atom is -0.463 e. The van der Waals surface area contributed by atoms with Gasteiger partial charge < -0.3 is 89.1 Å². The molecule has 11 N–H and O–H groups in total. The monoisotopic (exact) mass is 1450 g/mol. The van der Waals surface area contributed by atoms with E-state index in [1.165, 1.54) is 135 Å². The van der Waals surface area contributed by atoms with E-state index in [1.54, 1.807) is 0 Å². The maximum Gasteiger partial charge on any atom is 0.472 e. The summed E-state index contributed by atoms with van der Waals surface area (Å²) >= 11 is 0. The number of aliphatic hydroxyl groups excluding tert-OH is 10. The van der Waals surface area contributed by atoms with Crippen molar-refractivity contribution >= 4 is 25.7 Å². The Balaban J connectivity index is 1.75. The van der Waals surface area contributed by atoms with E-state index >= 15 is 0 Å². The zero-order valence-electron chi connectivity index (χ0n) is 61.8. The standard InChI is InChI=1S/C75H139O24P/c1-6-9-12-15-18-19-20-21-22-23-24-33-41-48-60(78)92-53-58-63(81)65(83)70(88)75(96-58)98-72-68(86)66(84)67(85)71(97-74-69(87)64(82)62(80)57(50-76)95-74)73(72)99-100(89,90)93-52-56(94-61(79)49-42-35-28-26-32-39-46-55(5)44-37-30-17-14-11-8-3)51-91-59(77)47-40-34-27-25-31-38-45-54(4)43-36-29-16-13-10-7-2/h21-22,54-58,62-76,80-88H,6-20,23-53H2,1-5H3,(H,89,90)/b22-21-. The van der Waals surface area contributed by atoms with Crippen molar-refractivity contribution in [2.75, 3.05) is 26.4 Å². The number of phosphoric ester groups is 1. The highest BCUT2D eigenvalue weighted by Gasteiger charge is 2.58. The first-order valence-electron chi connectivity index (χ1n) is 39.3. The molecule has 2 saturated heterocycles. The number of hydrogen-bond donors (Lipinski definition) is 11.